The normalized spacial score (nSPS) is 13.1. The van der Waals surface area contributed by atoms with Gasteiger partial charge in [-0.2, -0.15) is 8.42 Å². The second kappa shape index (κ2) is 21.1. The first-order chi connectivity index (χ1) is 14.0. The van der Waals surface area contributed by atoms with E-state index in [1.165, 1.54) is 89.9 Å². The highest BCUT2D eigenvalue weighted by Gasteiger charge is 2.21. The molecule has 0 bridgehead atoms. The quantitative estimate of drug-likeness (QED) is 0.129. The van der Waals surface area contributed by atoms with Crippen molar-refractivity contribution in [3.63, 3.8) is 0 Å². The molecule has 0 spiro atoms. The van der Waals surface area contributed by atoms with Crippen LogP contribution in [0.25, 0.3) is 0 Å². The van der Waals surface area contributed by atoms with E-state index in [2.05, 4.69) is 6.92 Å². The molecule has 0 amide bonds. The zero-order valence-electron chi connectivity index (χ0n) is 19.3. The van der Waals surface area contributed by atoms with Crippen molar-refractivity contribution in [3.05, 3.63) is 0 Å². The fourth-order valence-electron chi connectivity index (χ4n) is 4.02. The third kappa shape index (κ3) is 20.9. The molecule has 1 atom stereocenters. The van der Waals surface area contributed by atoms with E-state index in [0.717, 1.165) is 32.1 Å². The van der Waals surface area contributed by atoms with E-state index in [-0.39, 0.29) is 0 Å². The maximum atomic E-state index is 11.6. The summed E-state index contributed by atoms with van der Waals surface area (Å²) in [5.74, 6) is 0. The van der Waals surface area contributed by atoms with Gasteiger partial charge in [0.05, 0.1) is 5.25 Å². The minimum absolute atomic E-state index is 0.334. The average Bonchev–Trinajstić information content (AvgIpc) is 2.68. The molecule has 176 valence electrons. The third-order valence-electron chi connectivity index (χ3n) is 5.99. The van der Waals surface area contributed by atoms with Crippen molar-refractivity contribution < 1.29 is 18.1 Å². The Morgan fingerprint density at radius 2 is 0.862 bits per heavy atom. The van der Waals surface area contributed by atoms with Crippen molar-refractivity contribution in [2.75, 3.05) is 6.61 Å². The molecule has 0 saturated heterocycles. The molecular weight excluding hydrogens is 384 g/mol. The van der Waals surface area contributed by atoms with Crippen LogP contribution in [0.5, 0.6) is 0 Å². The molecule has 0 fully saturated rings. The Kier molecular flexibility index (Phi) is 21.0. The maximum Gasteiger partial charge on any atom is 0.267 e. The standard InChI is InChI=1S/C24H50O4S/c1-2-3-4-15-18-21-24(29(26,27)28)22-19-16-13-11-9-7-5-6-8-10-12-14-17-20-23-25/h24-25H,2-23H2,1H3,(H,26,27,28). The zero-order valence-corrected chi connectivity index (χ0v) is 20.1. The summed E-state index contributed by atoms with van der Waals surface area (Å²) >= 11 is 0. The summed E-state index contributed by atoms with van der Waals surface area (Å²) in [4.78, 5) is 0. The fourth-order valence-corrected chi connectivity index (χ4v) is 4.95. The minimum Gasteiger partial charge on any atom is -0.396 e. The first-order valence-corrected chi connectivity index (χ1v) is 14.1. The molecule has 5 heteroatoms. The summed E-state index contributed by atoms with van der Waals surface area (Å²) in [5, 5.41) is 8.19. The Labute approximate surface area is 182 Å². The second-order valence-corrected chi connectivity index (χ2v) is 10.5. The van der Waals surface area contributed by atoms with Gasteiger partial charge in [0.25, 0.3) is 10.1 Å². The third-order valence-corrected chi connectivity index (χ3v) is 7.30. The number of hydrogen-bond donors (Lipinski definition) is 2. The molecule has 2 N–H and O–H groups in total. The average molecular weight is 435 g/mol. The van der Waals surface area contributed by atoms with Crippen LogP contribution in [0.15, 0.2) is 0 Å². The summed E-state index contributed by atoms with van der Waals surface area (Å²) in [6, 6.07) is 0. The first kappa shape index (κ1) is 28.9. The maximum absolute atomic E-state index is 11.6. The molecule has 0 rings (SSSR count). The van der Waals surface area contributed by atoms with Crippen molar-refractivity contribution in [3.8, 4) is 0 Å². The van der Waals surface area contributed by atoms with Gasteiger partial charge in [0, 0.05) is 6.61 Å². The molecule has 0 aliphatic carbocycles. The van der Waals surface area contributed by atoms with Crippen molar-refractivity contribution >= 4 is 10.1 Å². The van der Waals surface area contributed by atoms with Gasteiger partial charge in [0.2, 0.25) is 0 Å². The van der Waals surface area contributed by atoms with Crippen LogP contribution in [-0.4, -0.2) is 29.9 Å². The van der Waals surface area contributed by atoms with Gasteiger partial charge < -0.3 is 5.11 Å². The number of rotatable bonds is 23. The van der Waals surface area contributed by atoms with E-state index in [1.807, 2.05) is 0 Å². The topological polar surface area (TPSA) is 74.6 Å². The van der Waals surface area contributed by atoms with Crippen LogP contribution in [-0.2, 0) is 10.1 Å². The van der Waals surface area contributed by atoms with Crippen LogP contribution in [0, 0.1) is 0 Å². The molecule has 0 aliphatic rings. The Hall–Kier alpha value is -0.130. The predicted octanol–water partition coefficient (Wildman–Crippen LogP) is 7.45. The van der Waals surface area contributed by atoms with E-state index < -0.39 is 15.4 Å². The van der Waals surface area contributed by atoms with E-state index in [1.54, 1.807) is 0 Å². The van der Waals surface area contributed by atoms with Gasteiger partial charge in [-0.15, -0.1) is 0 Å². The van der Waals surface area contributed by atoms with E-state index >= 15 is 0 Å². The first-order valence-electron chi connectivity index (χ1n) is 12.6. The number of hydrogen-bond acceptors (Lipinski definition) is 3. The molecule has 0 heterocycles. The summed E-state index contributed by atoms with van der Waals surface area (Å²) in [7, 11) is -3.89. The van der Waals surface area contributed by atoms with E-state index in [4.69, 9.17) is 5.11 Å². The van der Waals surface area contributed by atoms with Crippen LogP contribution in [0.1, 0.15) is 142 Å². The highest BCUT2D eigenvalue weighted by Crippen LogP contribution is 2.19. The lowest BCUT2D eigenvalue weighted by atomic mass is 10.0. The zero-order chi connectivity index (χ0) is 21.6. The molecule has 0 radical (unpaired) electrons. The molecule has 0 aromatic carbocycles. The van der Waals surface area contributed by atoms with E-state index in [0.29, 0.717) is 19.4 Å². The molecule has 0 aliphatic heterocycles. The van der Waals surface area contributed by atoms with Crippen molar-refractivity contribution in [2.45, 2.75) is 147 Å². The summed E-state index contributed by atoms with van der Waals surface area (Å²) in [5.41, 5.74) is 0. The van der Waals surface area contributed by atoms with Gasteiger partial charge in [-0.1, -0.05) is 122 Å². The van der Waals surface area contributed by atoms with Gasteiger partial charge in [-0.05, 0) is 19.3 Å². The highest BCUT2D eigenvalue weighted by molar-refractivity contribution is 7.86. The molecule has 1 unspecified atom stereocenters. The minimum atomic E-state index is -3.89. The Morgan fingerprint density at radius 3 is 1.17 bits per heavy atom. The van der Waals surface area contributed by atoms with Crippen molar-refractivity contribution in [2.24, 2.45) is 0 Å². The van der Waals surface area contributed by atoms with Crippen LogP contribution in [0.3, 0.4) is 0 Å². The Bertz CT molecular complexity index is 423. The van der Waals surface area contributed by atoms with Crippen molar-refractivity contribution in [1.29, 1.82) is 0 Å². The Balaban J connectivity index is 3.49. The monoisotopic (exact) mass is 434 g/mol. The lowest BCUT2D eigenvalue weighted by Gasteiger charge is -2.13. The molecule has 0 aromatic rings. The summed E-state index contributed by atoms with van der Waals surface area (Å²) < 4.78 is 32.6. The summed E-state index contributed by atoms with van der Waals surface area (Å²) in [6.45, 7) is 2.51. The molecule has 4 nitrogen and oxygen atoms in total. The molecular formula is C24H50O4S. The van der Waals surface area contributed by atoms with Crippen LogP contribution >= 0.6 is 0 Å². The molecule has 0 aromatic heterocycles. The van der Waals surface area contributed by atoms with Gasteiger partial charge in [-0.3, -0.25) is 4.55 Å². The fraction of sp³-hybridized carbons (Fsp3) is 1.00. The van der Waals surface area contributed by atoms with Crippen molar-refractivity contribution in [1.82, 2.24) is 0 Å². The number of aliphatic hydroxyl groups excluding tert-OH is 1. The SMILES string of the molecule is CCCCCCCC(CCCCCCCCCCCCCCCCO)S(=O)(=O)O. The van der Waals surface area contributed by atoms with Crippen LogP contribution < -0.4 is 0 Å². The Morgan fingerprint density at radius 1 is 0.552 bits per heavy atom. The lowest BCUT2D eigenvalue weighted by molar-refractivity contribution is 0.282. The lowest BCUT2D eigenvalue weighted by Crippen LogP contribution is -2.20. The summed E-state index contributed by atoms with van der Waals surface area (Å²) in [6.07, 6.45) is 23.8. The van der Waals surface area contributed by atoms with E-state index in [9.17, 15) is 13.0 Å². The second-order valence-electron chi connectivity index (χ2n) is 8.80. The highest BCUT2D eigenvalue weighted by atomic mass is 32.2. The van der Waals surface area contributed by atoms with Crippen LogP contribution in [0.2, 0.25) is 0 Å². The molecule has 0 saturated carbocycles. The van der Waals surface area contributed by atoms with Gasteiger partial charge in [-0.25, -0.2) is 0 Å². The largest absolute Gasteiger partial charge is 0.396 e. The van der Waals surface area contributed by atoms with Gasteiger partial charge >= 0.3 is 0 Å². The van der Waals surface area contributed by atoms with Gasteiger partial charge in [0.15, 0.2) is 0 Å². The number of unbranched alkanes of at least 4 members (excludes halogenated alkanes) is 17. The van der Waals surface area contributed by atoms with Crippen LogP contribution in [0.4, 0.5) is 0 Å². The van der Waals surface area contributed by atoms with Gasteiger partial charge in [0.1, 0.15) is 0 Å². The number of aliphatic hydroxyl groups is 1. The smallest absolute Gasteiger partial charge is 0.267 e. The predicted molar refractivity (Wildman–Crippen MR) is 125 cm³/mol. The molecule has 29 heavy (non-hydrogen) atoms.